The lowest BCUT2D eigenvalue weighted by Crippen LogP contribution is -2.49. The number of ether oxygens (including phenoxy) is 2. The van der Waals surface area contributed by atoms with E-state index in [2.05, 4.69) is 0 Å². The van der Waals surface area contributed by atoms with Gasteiger partial charge in [-0.15, -0.1) is 0 Å². The molecular formula is C19H25NO5. The average molecular weight is 347 g/mol. The second-order valence-electron chi connectivity index (χ2n) is 7.20. The fourth-order valence-corrected chi connectivity index (χ4v) is 4.17. The first-order valence-electron chi connectivity index (χ1n) is 8.72. The first-order valence-corrected chi connectivity index (χ1v) is 8.72. The van der Waals surface area contributed by atoms with E-state index in [9.17, 15) is 14.7 Å². The van der Waals surface area contributed by atoms with Crippen molar-refractivity contribution in [2.24, 2.45) is 0 Å². The number of rotatable bonds is 5. The van der Waals surface area contributed by atoms with Crippen LogP contribution in [-0.4, -0.2) is 54.0 Å². The maximum atomic E-state index is 12.9. The van der Waals surface area contributed by atoms with Gasteiger partial charge in [0.15, 0.2) is 0 Å². The number of fused-ring (bicyclic) bond motifs is 2. The summed E-state index contributed by atoms with van der Waals surface area (Å²) in [6.45, 7) is 2.06. The van der Waals surface area contributed by atoms with Crippen molar-refractivity contribution in [3.8, 4) is 0 Å². The van der Waals surface area contributed by atoms with Crippen LogP contribution >= 0.6 is 0 Å². The Bertz CT molecular complexity index is 620. The molecular weight excluding hydrogens is 322 g/mol. The number of piperidine rings is 1. The molecule has 0 saturated carbocycles. The van der Waals surface area contributed by atoms with Crippen LogP contribution in [0.1, 0.15) is 38.2 Å². The predicted octanol–water partition coefficient (Wildman–Crippen LogP) is 2.81. The number of hydrogen-bond acceptors (Lipinski definition) is 4. The lowest BCUT2D eigenvalue weighted by molar-refractivity contribution is -0.160. The third-order valence-corrected chi connectivity index (χ3v) is 5.48. The van der Waals surface area contributed by atoms with Gasteiger partial charge in [0.05, 0.1) is 6.61 Å². The molecule has 4 atom stereocenters. The number of esters is 1. The van der Waals surface area contributed by atoms with Crippen molar-refractivity contribution in [1.29, 1.82) is 0 Å². The molecule has 2 bridgehead atoms. The quantitative estimate of drug-likeness (QED) is 0.829. The fraction of sp³-hybridized carbons (Fsp3) is 0.579. The topological polar surface area (TPSA) is 76.1 Å². The highest BCUT2D eigenvalue weighted by Gasteiger charge is 2.46. The van der Waals surface area contributed by atoms with Crippen molar-refractivity contribution in [1.82, 2.24) is 4.90 Å². The van der Waals surface area contributed by atoms with Gasteiger partial charge in [-0.05, 0) is 25.3 Å². The summed E-state index contributed by atoms with van der Waals surface area (Å²) in [5, 5.41) is 9.34. The molecule has 6 nitrogen and oxygen atoms in total. The number of amides is 1. The van der Waals surface area contributed by atoms with Crippen molar-refractivity contribution in [3.63, 3.8) is 0 Å². The zero-order chi connectivity index (χ0) is 18.0. The third-order valence-electron chi connectivity index (χ3n) is 5.48. The van der Waals surface area contributed by atoms with Crippen molar-refractivity contribution >= 4 is 12.1 Å². The van der Waals surface area contributed by atoms with Gasteiger partial charge in [-0.25, -0.2) is 4.79 Å². The number of carbonyl (C=O) groups excluding carboxylic acids is 1. The van der Waals surface area contributed by atoms with Crippen molar-refractivity contribution in [3.05, 3.63) is 35.9 Å². The van der Waals surface area contributed by atoms with E-state index >= 15 is 0 Å². The third kappa shape index (κ3) is 3.35. The Hall–Kier alpha value is -2.08. The molecule has 3 rings (SSSR count). The van der Waals surface area contributed by atoms with Gasteiger partial charge in [0.2, 0.25) is 0 Å². The highest BCUT2D eigenvalue weighted by Crippen LogP contribution is 2.38. The summed E-state index contributed by atoms with van der Waals surface area (Å²) in [7, 11) is 1.57. The molecule has 2 fully saturated rings. The minimum atomic E-state index is -0.876. The first-order chi connectivity index (χ1) is 12.0. The van der Waals surface area contributed by atoms with E-state index in [1.54, 1.807) is 7.11 Å². The summed E-state index contributed by atoms with van der Waals surface area (Å²) in [4.78, 5) is 25.9. The summed E-state index contributed by atoms with van der Waals surface area (Å²) in [5.74, 6) is -0.311. The van der Waals surface area contributed by atoms with Crippen LogP contribution in [0.2, 0.25) is 0 Å². The molecule has 1 unspecified atom stereocenters. The van der Waals surface area contributed by atoms with Crippen LogP contribution < -0.4 is 0 Å². The van der Waals surface area contributed by atoms with Gasteiger partial charge in [0.25, 0.3) is 0 Å². The Morgan fingerprint density at radius 1 is 1.20 bits per heavy atom. The average Bonchev–Trinajstić information content (AvgIpc) is 2.87. The lowest BCUT2D eigenvalue weighted by Gasteiger charge is -2.38. The van der Waals surface area contributed by atoms with Crippen LogP contribution in [0.5, 0.6) is 0 Å². The molecule has 1 aromatic carbocycles. The van der Waals surface area contributed by atoms with Crippen LogP contribution in [0.3, 0.4) is 0 Å². The molecule has 0 aromatic heterocycles. The Labute approximate surface area is 147 Å². The number of carbonyl (C=O) groups is 2. The molecule has 136 valence electrons. The normalized spacial score (nSPS) is 27.6. The predicted molar refractivity (Wildman–Crippen MR) is 91.5 cm³/mol. The van der Waals surface area contributed by atoms with Crippen LogP contribution in [-0.2, 0) is 19.7 Å². The first kappa shape index (κ1) is 17.7. The van der Waals surface area contributed by atoms with E-state index in [1.807, 2.05) is 37.3 Å². The SMILES string of the molecule is COCC(C)(C(=O)O[C@@H]1C[C@H]2CC[C@@H](C1)N2C(=O)O)c1ccccc1. The van der Waals surface area contributed by atoms with E-state index in [0.717, 1.165) is 18.4 Å². The fourth-order valence-electron chi connectivity index (χ4n) is 4.17. The van der Waals surface area contributed by atoms with Gasteiger partial charge >= 0.3 is 12.1 Å². The molecule has 1 N–H and O–H groups in total. The largest absolute Gasteiger partial charge is 0.465 e. The van der Waals surface area contributed by atoms with Gasteiger partial charge in [-0.1, -0.05) is 30.3 Å². The van der Waals surface area contributed by atoms with Crippen LogP contribution in [0.15, 0.2) is 30.3 Å². The molecule has 0 aliphatic carbocycles. The number of benzene rings is 1. The minimum Gasteiger partial charge on any atom is -0.465 e. The Kier molecular flexibility index (Phi) is 4.99. The summed E-state index contributed by atoms with van der Waals surface area (Å²) in [6, 6.07) is 9.40. The number of carboxylic acid groups (broad SMARTS) is 1. The van der Waals surface area contributed by atoms with Gasteiger partial charge in [0, 0.05) is 32.0 Å². The lowest BCUT2D eigenvalue weighted by atomic mass is 9.83. The number of nitrogens with zero attached hydrogens (tertiary/aromatic N) is 1. The van der Waals surface area contributed by atoms with Crippen molar-refractivity contribution in [2.75, 3.05) is 13.7 Å². The summed E-state index contributed by atoms with van der Waals surface area (Å²) >= 11 is 0. The molecule has 2 aliphatic rings. The van der Waals surface area contributed by atoms with Crippen molar-refractivity contribution in [2.45, 2.75) is 56.2 Å². The number of hydrogen-bond donors (Lipinski definition) is 1. The Balaban J connectivity index is 1.72. The van der Waals surface area contributed by atoms with Gasteiger partial charge in [-0.2, -0.15) is 0 Å². The molecule has 25 heavy (non-hydrogen) atoms. The standard InChI is InChI=1S/C19H25NO5/c1-19(12-24-2,13-6-4-3-5-7-13)17(21)25-16-10-14-8-9-15(11-16)20(14)18(22)23/h3-7,14-16H,8-12H2,1-2H3,(H,22,23)/t14-,15+,16-,19?. The summed E-state index contributed by atoms with van der Waals surface area (Å²) in [5.41, 5.74) is -0.0216. The van der Waals surface area contributed by atoms with Gasteiger partial charge in [0.1, 0.15) is 11.5 Å². The highest BCUT2D eigenvalue weighted by atomic mass is 16.5. The maximum Gasteiger partial charge on any atom is 0.407 e. The molecule has 6 heteroatoms. The Morgan fingerprint density at radius 3 is 2.32 bits per heavy atom. The maximum absolute atomic E-state index is 12.9. The highest BCUT2D eigenvalue weighted by molar-refractivity contribution is 5.83. The zero-order valence-electron chi connectivity index (χ0n) is 14.7. The second kappa shape index (κ2) is 7.04. The monoisotopic (exact) mass is 347 g/mol. The van der Waals surface area contributed by atoms with Gasteiger partial charge < -0.3 is 19.5 Å². The molecule has 2 heterocycles. The van der Waals surface area contributed by atoms with E-state index in [1.165, 1.54) is 4.90 Å². The molecule has 0 radical (unpaired) electrons. The molecule has 2 aliphatic heterocycles. The van der Waals surface area contributed by atoms with E-state index in [0.29, 0.717) is 12.8 Å². The smallest absolute Gasteiger partial charge is 0.407 e. The van der Waals surface area contributed by atoms with E-state index in [4.69, 9.17) is 9.47 Å². The minimum absolute atomic E-state index is 0.0422. The zero-order valence-corrected chi connectivity index (χ0v) is 14.7. The van der Waals surface area contributed by atoms with Crippen LogP contribution in [0, 0.1) is 0 Å². The van der Waals surface area contributed by atoms with Crippen LogP contribution in [0.4, 0.5) is 4.79 Å². The Morgan fingerprint density at radius 2 is 1.80 bits per heavy atom. The number of methoxy groups -OCH3 is 1. The van der Waals surface area contributed by atoms with Crippen LogP contribution in [0.25, 0.3) is 0 Å². The molecule has 1 amide bonds. The molecule has 1 aromatic rings. The van der Waals surface area contributed by atoms with E-state index in [-0.39, 0.29) is 30.8 Å². The molecule has 2 saturated heterocycles. The summed E-state index contributed by atoms with van der Waals surface area (Å²) < 4.78 is 11.1. The summed E-state index contributed by atoms with van der Waals surface area (Å²) in [6.07, 6.45) is 1.74. The second-order valence-corrected chi connectivity index (χ2v) is 7.20. The van der Waals surface area contributed by atoms with Crippen molar-refractivity contribution < 1.29 is 24.2 Å². The van der Waals surface area contributed by atoms with E-state index < -0.39 is 11.5 Å². The molecule has 0 spiro atoms. The van der Waals surface area contributed by atoms with Gasteiger partial charge in [-0.3, -0.25) is 4.79 Å².